The molecule has 1 amide bonds. The molecule has 2 aromatic rings. The lowest BCUT2D eigenvalue weighted by atomic mass is 10.2. The maximum atomic E-state index is 11.9. The molecule has 0 aromatic heterocycles. The fourth-order valence-electron chi connectivity index (χ4n) is 2.08. The lowest BCUT2D eigenvalue weighted by molar-refractivity contribution is -0.113. The molecule has 0 bridgehead atoms. The van der Waals surface area contributed by atoms with Crippen LogP contribution >= 0.6 is 11.8 Å². The van der Waals surface area contributed by atoms with Gasteiger partial charge in [-0.25, -0.2) is 4.99 Å². The van der Waals surface area contributed by atoms with Gasteiger partial charge in [0.25, 0.3) is 0 Å². The van der Waals surface area contributed by atoms with Crippen molar-refractivity contribution < 1.29 is 9.90 Å². The van der Waals surface area contributed by atoms with Crippen LogP contribution in [0.5, 0.6) is 5.75 Å². The number of nitrogens with one attached hydrogen (secondary N) is 1. The molecule has 2 N–H and O–H groups in total. The first-order valence-electron chi connectivity index (χ1n) is 6.58. The van der Waals surface area contributed by atoms with Gasteiger partial charge in [0.15, 0.2) is 0 Å². The van der Waals surface area contributed by atoms with Crippen molar-refractivity contribution in [2.45, 2.75) is 6.42 Å². The molecule has 0 spiro atoms. The third-order valence-corrected chi connectivity index (χ3v) is 4.07. The Kier molecular flexibility index (Phi) is 3.92. The summed E-state index contributed by atoms with van der Waals surface area (Å²) in [4.78, 5) is 16.4. The number of phenols is 1. The van der Waals surface area contributed by atoms with Crippen LogP contribution in [0, 0.1) is 0 Å². The molecule has 0 saturated carbocycles. The highest BCUT2D eigenvalue weighted by molar-refractivity contribution is 8.14. The fraction of sp³-hybridized carbons (Fsp3) is 0.125. The molecule has 21 heavy (non-hydrogen) atoms. The molecular weight excluding hydrogens is 284 g/mol. The normalized spacial score (nSPS) is 12.7. The summed E-state index contributed by atoms with van der Waals surface area (Å²) in [5, 5.41) is 12.9. The first-order chi connectivity index (χ1) is 10.2. The number of aromatic hydroxyl groups is 1. The highest BCUT2D eigenvalue weighted by Crippen LogP contribution is 2.29. The molecule has 1 aliphatic rings. The van der Waals surface area contributed by atoms with Crippen molar-refractivity contribution in [1.29, 1.82) is 0 Å². The van der Waals surface area contributed by atoms with Crippen LogP contribution in [0.2, 0.25) is 0 Å². The Bertz CT molecular complexity index is 696. The van der Waals surface area contributed by atoms with Gasteiger partial charge < -0.3 is 10.4 Å². The van der Waals surface area contributed by atoms with E-state index in [0.29, 0.717) is 11.4 Å². The molecule has 2 aromatic carbocycles. The molecule has 0 atom stereocenters. The second kappa shape index (κ2) is 6.01. The van der Waals surface area contributed by atoms with E-state index in [4.69, 9.17) is 0 Å². The molecule has 0 aliphatic carbocycles. The number of carbonyl (C=O) groups excluding carboxylic acids is 1. The Morgan fingerprint density at radius 3 is 2.71 bits per heavy atom. The van der Waals surface area contributed by atoms with E-state index in [0.717, 1.165) is 17.2 Å². The Morgan fingerprint density at radius 2 is 1.95 bits per heavy atom. The molecule has 0 radical (unpaired) electrons. The van der Waals surface area contributed by atoms with E-state index in [-0.39, 0.29) is 11.7 Å². The molecule has 1 aliphatic heterocycles. The number of carbonyl (C=O) groups is 1. The number of amides is 1. The summed E-state index contributed by atoms with van der Waals surface area (Å²) in [6.07, 6.45) is 0.799. The minimum atomic E-state index is -0.0793. The van der Waals surface area contributed by atoms with Crippen LogP contribution in [0.1, 0.15) is 5.56 Å². The van der Waals surface area contributed by atoms with Crippen molar-refractivity contribution >= 4 is 34.1 Å². The van der Waals surface area contributed by atoms with E-state index in [1.807, 2.05) is 18.2 Å². The molecule has 0 saturated heterocycles. The quantitative estimate of drug-likeness (QED) is 0.854. The summed E-state index contributed by atoms with van der Waals surface area (Å²) in [5.74, 6) is 0.429. The van der Waals surface area contributed by atoms with Gasteiger partial charge in [0.05, 0.1) is 16.5 Å². The predicted octanol–water partition coefficient (Wildman–Crippen LogP) is 3.35. The van der Waals surface area contributed by atoms with Gasteiger partial charge in [0, 0.05) is 12.1 Å². The molecule has 5 heteroatoms. The minimum Gasteiger partial charge on any atom is -0.508 e. The topological polar surface area (TPSA) is 61.7 Å². The van der Waals surface area contributed by atoms with Crippen LogP contribution in [-0.4, -0.2) is 21.8 Å². The van der Waals surface area contributed by atoms with Gasteiger partial charge in [-0.15, -0.1) is 11.8 Å². The van der Waals surface area contributed by atoms with Gasteiger partial charge in [-0.05, 0) is 35.9 Å². The van der Waals surface area contributed by atoms with E-state index in [2.05, 4.69) is 16.4 Å². The summed E-state index contributed by atoms with van der Waals surface area (Å²) in [6.45, 7) is 0. The molecule has 4 nitrogen and oxygen atoms in total. The van der Waals surface area contributed by atoms with Gasteiger partial charge in [0.2, 0.25) is 5.91 Å². The van der Waals surface area contributed by atoms with Crippen LogP contribution in [-0.2, 0) is 11.2 Å². The number of benzene rings is 2. The van der Waals surface area contributed by atoms with E-state index in [1.165, 1.54) is 17.3 Å². The lowest BCUT2D eigenvalue weighted by Crippen LogP contribution is -2.15. The third-order valence-electron chi connectivity index (χ3n) is 3.10. The van der Waals surface area contributed by atoms with Gasteiger partial charge >= 0.3 is 0 Å². The summed E-state index contributed by atoms with van der Waals surface area (Å²) in [6, 6.07) is 14.4. The highest BCUT2D eigenvalue weighted by atomic mass is 32.2. The number of thioether (sulfide) groups is 1. The summed E-state index contributed by atoms with van der Waals surface area (Å²) in [7, 11) is 0. The number of hydrogen-bond acceptors (Lipinski definition) is 4. The number of hydrogen-bond donors (Lipinski definition) is 2. The molecular formula is C16H14N2O2S. The third kappa shape index (κ3) is 3.44. The number of rotatable bonds is 3. The minimum absolute atomic E-state index is 0.0793. The van der Waals surface area contributed by atoms with Crippen LogP contribution in [0.4, 0.5) is 11.4 Å². The standard InChI is InChI=1S/C16H14N2O2S/c19-13-7-5-12(6-8-13)17-15(20)10-21-16-9-11-3-1-2-4-14(11)18-16/h1-8,19H,9-10H2,(H,17,20). The Labute approximate surface area is 126 Å². The number of para-hydroxylation sites is 1. The van der Waals surface area contributed by atoms with Crippen molar-refractivity contribution in [2.24, 2.45) is 4.99 Å². The largest absolute Gasteiger partial charge is 0.508 e. The highest BCUT2D eigenvalue weighted by Gasteiger charge is 2.15. The molecule has 106 valence electrons. The lowest BCUT2D eigenvalue weighted by Gasteiger charge is -2.05. The molecule has 0 unspecified atom stereocenters. The SMILES string of the molecule is O=C(CSC1=Nc2ccccc2C1)Nc1ccc(O)cc1. The zero-order valence-electron chi connectivity index (χ0n) is 11.2. The van der Waals surface area contributed by atoms with Crippen molar-refractivity contribution in [1.82, 2.24) is 0 Å². The second-order valence-electron chi connectivity index (χ2n) is 4.69. The zero-order valence-corrected chi connectivity index (χ0v) is 12.1. The van der Waals surface area contributed by atoms with E-state index >= 15 is 0 Å². The zero-order chi connectivity index (χ0) is 14.7. The molecule has 1 heterocycles. The molecule has 0 fully saturated rings. The summed E-state index contributed by atoms with van der Waals surface area (Å²) >= 11 is 1.46. The number of phenolic OH excluding ortho intramolecular Hbond substituents is 1. The van der Waals surface area contributed by atoms with Gasteiger partial charge in [0.1, 0.15) is 5.75 Å². The van der Waals surface area contributed by atoms with Gasteiger partial charge in [-0.2, -0.15) is 0 Å². The van der Waals surface area contributed by atoms with Crippen molar-refractivity contribution in [2.75, 3.05) is 11.1 Å². The maximum Gasteiger partial charge on any atom is 0.234 e. The van der Waals surface area contributed by atoms with Gasteiger partial charge in [-0.1, -0.05) is 18.2 Å². The monoisotopic (exact) mass is 298 g/mol. The van der Waals surface area contributed by atoms with Crippen LogP contribution < -0.4 is 5.32 Å². The summed E-state index contributed by atoms with van der Waals surface area (Å²) < 4.78 is 0. The van der Waals surface area contributed by atoms with E-state index < -0.39 is 0 Å². The average Bonchev–Trinajstić information content (AvgIpc) is 2.90. The number of nitrogens with zero attached hydrogens (tertiary/aromatic N) is 1. The number of anilines is 1. The smallest absolute Gasteiger partial charge is 0.234 e. The fourth-order valence-corrected chi connectivity index (χ4v) is 2.87. The predicted molar refractivity (Wildman–Crippen MR) is 86.4 cm³/mol. The van der Waals surface area contributed by atoms with E-state index in [1.54, 1.807) is 24.3 Å². The second-order valence-corrected chi connectivity index (χ2v) is 5.74. The maximum absolute atomic E-state index is 11.9. The van der Waals surface area contributed by atoms with Crippen LogP contribution in [0.15, 0.2) is 53.5 Å². The van der Waals surface area contributed by atoms with Crippen LogP contribution in [0.3, 0.4) is 0 Å². The Hall–Kier alpha value is -2.27. The van der Waals surface area contributed by atoms with Crippen molar-refractivity contribution in [3.8, 4) is 5.75 Å². The molecule has 3 rings (SSSR count). The first kappa shape index (κ1) is 13.7. The van der Waals surface area contributed by atoms with Crippen LogP contribution in [0.25, 0.3) is 0 Å². The van der Waals surface area contributed by atoms with Crippen molar-refractivity contribution in [3.05, 3.63) is 54.1 Å². The number of aliphatic imine (C=N–C) groups is 1. The summed E-state index contributed by atoms with van der Waals surface area (Å²) in [5.41, 5.74) is 2.88. The first-order valence-corrected chi connectivity index (χ1v) is 7.56. The average molecular weight is 298 g/mol. The Morgan fingerprint density at radius 1 is 1.19 bits per heavy atom. The van der Waals surface area contributed by atoms with Crippen molar-refractivity contribution in [3.63, 3.8) is 0 Å². The number of fused-ring (bicyclic) bond motifs is 1. The van der Waals surface area contributed by atoms with Gasteiger partial charge in [-0.3, -0.25) is 4.79 Å². The Balaban J connectivity index is 1.52. The van der Waals surface area contributed by atoms with E-state index in [9.17, 15) is 9.90 Å².